The Morgan fingerprint density at radius 3 is 2.45 bits per heavy atom. The predicted octanol–water partition coefficient (Wildman–Crippen LogP) is 3.43. The highest BCUT2D eigenvalue weighted by Crippen LogP contribution is 2.53. The molecule has 2 aromatic rings. The average molecular weight is 378 g/mol. The minimum absolute atomic E-state index is 0.130. The molecule has 1 unspecified atom stereocenters. The van der Waals surface area contributed by atoms with Gasteiger partial charge in [0.25, 0.3) is 0 Å². The molecule has 1 N–H and O–H groups in total. The van der Waals surface area contributed by atoms with Crippen molar-refractivity contribution in [3.8, 4) is 18.2 Å². The fourth-order valence-corrected chi connectivity index (χ4v) is 4.59. The van der Waals surface area contributed by atoms with Gasteiger partial charge in [-0.25, -0.2) is 0 Å². The maximum absolute atomic E-state index is 10.1. The molecule has 140 valence electrons. The highest BCUT2D eigenvalue weighted by molar-refractivity contribution is 6.00. The summed E-state index contributed by atoms with van der Waals surface area (Å²) in [6.45, 7) is 1.18. The summed E-state index contributed by atoms with van der Waals surface area (Å²) in [5.41, 5.74) is 0.781. The summed E-state index contributed by atoms with van der Waals surface area (Å²) < 4.78 is 0. The van der Waals surface area contributed by atoms with Crippen molar-refractivity contribution in [2.24, 2.45) is 17.3 Å². The second-order valence-electron chi connectivity index (χ2n) is 7.32. The summed E-state index contributed by atoms with van der Waals surface area (Å²) in [4.78, 5) is 6.37. The van der Waals surface area contributed by atoms with E-state index in [9.17, 15) is 15.8 Å². The molecule has 29 heavy (non-hydrogen) atoms. The molecule has 2 aliphatic rings. The smallest absolute Gasteiger partial charge is 0.189 e. The van der Waals surface area contributed by atoms with Crippen molar-refractivity contribution in [2.75, 3.05) is 18.0 Å². The molecule has 1 aliphatic heterocycles. The Hall–Kier alpha value is -3.95. The van der Waals surface area contributed by atoms with Gasteiger partial charge in [0.05, 0.1) is 23.9 Å². The molecule has 0 radical (unpaired) electrons. The van der Waals surface area contributed by atoms with E-state index in [1.54, 1.807) is 18.5 Å². The standard InChI is InChI=1S/C23H18N6/c24-11-19-18-8-10-29(17-6-2-1-3-7-17)13-20(18)21(16-5-4-9-28-12-16)23(14-25,15-26)22(19)27/h1-9,12,19-21,27H,10,13H2/t19?,20-,21-/m0/s1. The Bertz CT molecular complexity index is 1070. The third-order valence-electron chi connectivity index (χ3n) is 5.96. The third-order valence-corrected chi connectivity index (χ3v) is 5.96. The summed E-state index contributed by atoms with van der Waals surface area (Å²) in [5, 5.41) is 38.5. The topological polar surface area (TPSA) is 111 Å². The van der Waals surface area contributed by atoms with Crippen molar-refractivity contribution in [3.05, 3.63) is 72.1 Å². The Morgan fingerprint density at radius 2 is 1.83 bits per heavy atom. The van der Waals surface area contributed by atoms with Gasteiger partial charge >= 0.3 is 0 Å². The normalized spacial score (nSPS) is 25.0. The average Bonchev–Trinajstić information content (AvgIpc) is 2.79. The number of pyridine rings is 1. The Kier molecular flexibility index (Phi) is 4.59. The maximum atomic E-state index is 10.1. The summed E-state index contributed by atoms with van der Waals surface area (Å²) in [5.74, 6) is -1.67. The Balaban J connectivity index is 1.89. The molecule has 1 fully saturated rings. The van der Waals surface area contributed by atoms with Crippen LogP contribution >= 0.6 is 0 Å². The molecule has 6 heteroatoms. The van der Waals surface area contributed by atoms with Crippen molar-refractivity contribution >= 4 is 11.4 Å². The lowest BCUT2D eigenvalue weighted by Gasteiger charge is -2.48. The second kappa shape index (κ2) is 7.23. The molecule has 2 heterocycles. The van der Waals surface area contributed by atoms with Crippen LogP contribution in [0.2, 0.25) is 0 Å². The van der Waals surface area contributed by atoms with Crippen LogP contribution in [0.25, 0.3) is 0 Å². The highest BCUT2D eigenvalue weighted by atomic mass is 15.1. The minimum atomic E-state index is -1.70. The monoisotopic (exact) mass is 378 g/mol. The Morgan fingerprint density at radius 1 is 1.07 bits per heavy atom. The number of hydrogen-bond acceptors (Lipinski definition) is 6. The van der Waals surface area contributed by atoms with Gasteiger partial charge in [-0.2, -0.15) is 15.8 Å². The van der Waals surface area contributed by atoms with Crippen molar-refractivity contribution in [3.63, 3.8) is 0 Å². The molecular weight excluding hydrogens is 360 g/mol. The van der Waals surface area contributed by atoms with Crippen LogP contribution in [-0.4, -0.2) is 23.8 Å². The zero-order valence-electron chi connectivity index (χ0n) is 15.7. The summed E-state index contributed by atoms with van der Waals surface area (Å²) in [7, 11) is 0. The fourth-order valence-electron chi connectivity index (χ4n) is 4.59. The molecule has 1 aromatic carbocycles. The second-order valence-corrected chi connectivity index (χ2v) is 7.32. The van der Waals surface area contributed by atoms with Crippen LogP contribution in [0.5, 0.6) is 0 Å². The van der Waals surface area contributed by atoms with E-state index in [0.717, 1.165) is 16.8 Å². The van der Waals surface area contributed by atoms with Crippen molar-refractivity contribution < 1.29 is 0 Å². The number of rotatable bonds is 2. The number of fused-ring (bicyclic) bond motifs is 1. The van der Waals surface area contributed by atoms with Gasteiger partial charge in [0, 0.05) is 43.0 Å². The molecule has 3 atom stereocenters. The number of nitrogens with one attached hydrogen (secondary N) is 1. The van der Waals surface area contributed by atoms with Crippen molar-refractivity contribution in [2.45, 2.75) is 5.92 Å². The number of anilines is 1. The maximum Gasteiger partial charge on any atom is 0.189 e. The number of para-hydroxylation sites is 1. The molecule has 4 rings (SSSR count). The largest absolute Gasteiger partial charge is 0.367 e. The first-order valence-electron chi connectivity index (χ1n) is 9.37. The first kappa shape index (κ1) is 18.4. The van der Waals surface area contributed by atoms with Crippen LogP contribution in [0, 0.1) is 56.7 Å². The van der Waals surface area contributed by atoms with E-state index < -0.39 is 17.3 Å². The zero-order valence-corrected chi connectivity index (χ0v) is 15.7. The van der Waals surface area contributed by atoms with Gasteiger partial charge < -0.3 is 10.3 Å². The molecule has 0 bridgehead atoms. The van der Waals surface area contributed by atoms with Crippen LogP contribution in [-0.2, 0) is 0 Å². The number of nitrogens with zero attached hydrogens (tertiary/aromatic N) is 5. The predicted molar refractivity (Wildman–Crippen MR) is 108 cm³/mol. The SMILES string of the molecule is N#CC1C(=N)C(C#N)(C#N)[C@@H](c2cccnc2)[C@H]2CN(c3ccccc3)CC=C12. The number of hydrogen-bond donors (Lipinski definition) is 1. The van der Waals surface area contributed by atoms with Gasteiger partial charge in [0.15, 0.2) is 5.41 Å². The quantitative estimate of drug-likeness (QED) is 0.805. The van der Waals surface area contributed by atoms with Gasteiger partial charge in [0.1, 0.15) is 5.92 Å². The molecule has 0 saturated heterocycles. The van der Waals surface area contributed by atoms with Gasteiger partial charge in [-0.1, -0.05) is 30.3 Å². The molecule has 1 aromatic heterocycles. The summed E-state index contributed by atoms with van der Waals surface area (Å²) in [6.07, 6.45) is 5.29. The Labute approximate surface area is 169 Å². The van der Waals surface area contributed by atoms with Crippen molar-refractivity contribution in [1.29, 1.82) is 21.2 Å². The number of nitriles is 3. The molecule has 0 amide bonds. The molecule has 0 spiro atoms. The van der Waals surface area contributed by atoms with Crippen LogP contribution < -0.4 is 4.90 Å². The van der Waals surface area contributed by atoms with Gasteiger partial charge in [0.2, 0.25) is 0 Å². The van der Waals surface area contributed by atoms with Crippen molar-refractivity contribution in [1.82, 2.24) is 4.98 Å². The first-order chi connectivity index (χ1) is 14.2. The van der Waals surface area contributed by atoms with E-state index in [0.29, 0.717) is 13.1 Å². The van der Waals surface area contributed by atoms with E-state index >= 15 is 0 Å². The van der Waals surface area contributed by atoms with Crippen LogP contribution in [0.4, 0.5) is 5.69 Å². The molecule has 1 saturated carbocycles. The first-order valence-corrected chi connectivity index (χ1v) is 9.37. The van der Waals surface area contributed by atoms with Gasteiger partial charge in [-0.3, -0.25) is 4.98 Å². The number of aromatic nitrogens is 1. The van der Waals surface area contributed by atoms with E-state index in [-0.39, 0.29) is 11.6 Å². The summed E-state index contributed by atoms with van der Waals surface area (Å²) in [6, 6.07) is 19.9. The lowest BCUT2D eigenvalue weighted by molar-refractivity contribution is 0.345. The molecule has 1 aliphatic carbocycles. The minimum Gasteiger partial charge on any atom is -0.367 e. The third kappa shape index (κ3) is 2.76. The van der Waals surface area contributed by atoms with Crippen LogP contribution in [0.15, 0.2) is 66.5 Å². The lowest BCUT2D eigenvalue weighted by atomic mass is 9.54. The lowest BCUT2D eigenvalue weighted by Crippen LogP contribution is -2.53. The fraction of sp³-hybridized carbons (Fsp3) is 0.261. The van der Waals surface area contributed by atoms with E-state index in [2.05, 4.69) is 28.1 Å². The van der Waals surface area contributed by atoms with Crippen LogP contribution in [0.1, 0.15) is 11.5 Å². The van der Waals surface area contributed by atoms with Gasteiger partial charge in [-0.15, -0.1) is 0 Å². The van der Waals surface area contributed by atoms with E-state index in [1.807, 2.05) is 42.5 Å². The summed E-state index contributed by atoms with van der Waals surface area (Å²) >= 11 is 0. The van der Waals surface area contributed by atoms with E-state index in [1.165, 1.54) is 0 Å². The highest BCUT2D eigenvalue weighted by Gasteiger charge is 2.57. The van der Waals surface area contributed by atoms with E-state index in [4.69, 9.17) is 5.41 Å². The zero-order chi connectivity index (χ0) is 20.4. The molecule has 6 nitrogen and oxygen atoms in total. The van der Waals surface area contributed by atoms with Gasteiger partial charge in [-0.05, 0) is 29.3 Å². The number of benzene rings is 1. The van der Waals surface area contributed by atoms with Crippen LogP contribution in [0.3, 0.4) is 0 Å². The molecular formula is C23H18N6.